The maximum Gasteiger partial charge on any atom is 0.349 e. The summed E-state index contributed by atoms with van der Waals surface area (Å²) < 4.78 is 5.27. The lowest BCUT2D eigenvalue weighted by Gasteiger charge is -2.31. The van der Waals surface area contributed by atoms with E-state index in [0.29, 0.717) is 19.5 Å². The van der Waals surface area contributed by atoms with Crippen LogP contribution in [-0.2, 0) is 9.59 Å². The van der Waals surface area contributed by atoms with E-state index in [1.807, 2.05) is 0 Å². The molecule has 21 heavy (non-hydrogen) atoms. The first kappa shape index (κ1) is 15.3. The Morgan fingerprint density at radius 3 is 2.90 bits per heavy atom. The highest BCUT2D eigenvalue weighted by Crippen LogP contribution is 2.25. The van der Waals surface area contributed by atoms with Crippen molar-refractivity contribution >= 4 is 29.1 Å². The van der Waals surface area contributed by atoms with Crippen LogP contribution in [0.25, 0.3) is 0 Å². The van der Waals surface area contributed by atoms with Gasteiger partial charge in [0.25, 0.3) is 5.91 Å². The summed E-state index contributed by atoms with van der Waals surface area (Å²) in [4.78, 5) is 35.8. The number of carbonyl (C=O) groups excluding carboxylic acids is 2. The molecular formula is C13H16N2O5S. The van der Waals surface area contributed by atoms with Crippen LogP contribution in [0.5, 0.6) is 5.75 Å². The third-order valence-electron chi connectivity index (χ3n) is 3.35. The summed E-state index contributed by atoms with van der Waals surface area (Å²) in [6, 6.07) is 1.52. The molecule has 1 aliphatic rings. The lowest BCUT2D eigenvalue weighted by Crippen LogP contribution is -2.45. The normalized spacial score (nSPS) is 18.3. The molecule has 0 bridgehead atoms. The Hall–Kier alpha value is -2.09. The summed E-state index contributed by atoms with van der Waals surface area (Å²) >= 11 is 1.04. The van der Waals surface area contributed by atoms with Gasteiger partial charge in [0.15, 0.2) is 11.5 Å². The molecule has 1 fully saturated rings. The molecule has 2 amide bonds. The van der Waals surface area contributed by atoms with Gasteiger partial charge in [-0.05, 0) is 24.3 Å². The van der Waals surface area contributed by atoms with Crippen molar-refractivity contribution in [3.05, 3.63) is 16.3 Å². The standard InChI is InChI=1S/C13H16N2O5S/c14-12(17)8-2-1-4-15(6-8)10(16)7-20-9-3-5-21-11(9)13(18)19/h3,5,8H,1-2,4,6-7H2,(H2,14,17)(H,18,19). The van der Waals surface area contributed by atoms with Crippen LogP contribution in [0.2, 0.25) is 0 Å². The lowest BCUT2D eigenvalue weighted by molar-refractivity contribution is -0.136. The van der Waals surface area contributed by atoms with Crippen LogP contribution < -0.4 is 10.5 Å². The third-order valence-corrected chi connectivity index (χ3v) is 4.23. The number of nitrogens with two attached hydrogens (primary N) is 1. The van der Waals surface area contributed by atoms with Gasteiger partial charge >= 0.3 is 5.97 Å². The van der Waals surface area contributed by atoms with Crippen LogP contribution in [0.3, 0.4) is 0 Å². The molecule has 0 saturated carbocycles. The predicted molar refractivity (Wildman–Crippen MR) is 75.3 cm³/mol. The molecule has 0 spiro atoms. The topological polar surface area (TPSA) is 110 Å². The fourth-order valence-electron chi connectivity index (χ4n) is 2.23. The highest BCUT2D eigenvalue weighted by atomic mass is 32.1. The number of nitrogens with zero attached hydrogens (tertiary/aromatic N) is 1. The van der Waals surface area contributed by atoms with E-state index in [4.69, 9.17) is 15.6 Å². The van der Waals surface area contributed by atoms with Gasteiger partial charge in [0, 0.05) is 13.1 Å². The van der Waals surface area contributed by atoms with Crippen molar-refractivity contribution in [2.24, 2.45) is 11.7 Å². The monoisotopic (exact) mass is 312 g/mol. The molecule has 1 aromatic heterocycles. The smallest absolute Gasteiger partial charge is 0.349 e. The predicted octanol–water partition coefficient (Wildman–Crippen LogP) is 0.549. The molecule has 1 saturated heterocycles. The number of rotatable bonds is 5. The zero-order valence-electron chi connectivity index (χ0n) is 11.3. The van der Waals surface area contributed by atoms with Crippen LogP contribution in [0.4, 0.5) is 0 Å². The van der Waals surface area contributed by atoms with Crippen LogP contribution in [0, 0.1) is 5.92 Å². The number of piperidine rings is 1. The lowest BCUT2D eigenvalue weighted by atomic mass is 9.97. The van der Waals surface area contributed by atoms with Gasteiger partial charge in [-0.25, -0.2) is 4.79 Å². The van der Waals surface area contributed by atoms with E-state index in [1.165, 1.54) is 11.0 Å². The van der Waals surface area contributed by atoms with Crippen LogP contribution >= 0.6 is 11.3 Å². The number of aromatic carboxylic acids is 1. The van der Waals surface area contributed by atoms with Crippen LogP contribution in [-0.4, -0.2) is 47.5 Å². The number of amides is 2. The van der Waals surface area contributed by atoms with E-state index in [9.17, 15) is 14.4 Å². The molecule has 8 heteroatoms. The first-order valence-electron chi connectivity index (χ1n) is 6.49. The fourth-order valence-corrected chi connectivity index (χ4v) is 2.91. The molecule has 7 nitrogen and oxygen atoms in total. The quantitative estimate of drug-likeness (QED) is 0.825. The molecule has 0 aliphatic carbocycles. The summed E-state index contributed by atoms with van der Waals surface area (Å²) in [6.45, 7) is 0.608. The van der Waals surface area contributed by atoms with Crippen molar-refractivity contribution in [2.45, 2.75) is 12.8 Å². The zero-order valence-corrected chi connectivity index (χ0v) is 12.1. The molecule has 2 heterocycles. The second kappa shape index (κ2) is 6.57. The molecule has 1 unspecified atom stereocenters. The van der Waals surface area contributed by atoms with Gasteiger partial charge in [0.1, 0.15) is 5.75 Å². The van der Waals surface area contributed by atoms with E-state index in [0.717, 1.165) is 17.8 Å². The minimum atomic E-state index is -1.08. The van der Waals surface area contributed by atoms with Gasteiger partial charge in [-0.3, -0.25) is 9.59 Å². The average Bonchev–Trinajstić information content (AvgIpc) is 2.93. The maximum atomic E-state index is 12.0. The third kappa shape index (κ3) is 3.72. The maximum absolute atomic E-state index is 12.0. The van der Waals surface area contributed by atoms with Gasteiger partial charge in [-0.2, -0.15) is 0 Å². The van der Waals surface area contributed by atoms with Crippen LogP contribution in [0.15, 0.2) is 11.4 Å². The molecule has 3 N–H and O–H groups in total. The van der Waals surface area contributed by atoms with Gasteiger partial charge in [0.05, 0.1) is 5.92 Å². The van der Waals surface area contributed by atoms with E-state index in [1.54, 1.807) is 5.38 Å². The van der Waals surface area contributed by atoms with Crippen molar-refractivity contribution < 1.29 is 24.2 Å². The summed E-state index contributed by atoms with van der Waals surface area (Å²) in [7, 11) is 0. The van der Waals surface area contributed by atoms with Gasteiger partial charge in [-0.1, -0.05) is 0 Å². The summed E-state index contributed by atoms with van der Waals surface area (Å²) in [5.41, 5.74) is 5.26. The highest BCUT2D eigenvalue weighted by molar-refractivity contribution is 7.12. The Bertz CT molecular complexity index is 557. The van der Waals surface area contributed by atoms with Crippen molar-refractivity contribution in [3.8, 4) is 5.75 Å². The number of likely N-dealkylation sites (tertiary alicyclic amines) is 1. The molecule has 0 aromatic carbocycles. The van der Waals surface area contributed by atoms with Crippen molar-refractivity contribution in [2.75, 3.05) is 19.7 Å². The number of carbonyl (C=O) groups is 3. The second-order valence-corrected chi connectivity index (χ2v) is 5.71. The van der Waals surface area contributed by atoms with Gasteiger partial charge < -0.3 is 20.5 Å². The van der Waals surface area contributed by atoms with E-state index >= 15 is 0 Å². The minimum absolute atomic E-state index is 0.0662. The number of carboxylic acid groups (broad SMARTS) is 1. The summed E-state index contributed by atoms with van der Waals surface area (Å²) in [5, 5.41) is 10.5. The van der Waals surface area contributed by atoms with Gasteiger partial charge in [-0.15, -0.1) is 11.3 Å². The Balaban J connectivity index is 1.91. The second-order valence-electron chi connectivity index (χ2n) is 4.79. The number of carboxylic acids is 1. The zero-order chi connectivity index (χ0) is 15.4. The van der Waals surface area contributed by atoms with Crippen molar-refractivity contribution in [1.82, 2.24) is 4.90 Å². The van der Waals surface area contributed by atoms with Crippen molar-refractivity contribution in [3.63, 3.8) is 0 Å². The molecular weight excluding hydrogens is 296 g/mol. The molecule has 0 radical (unpaired) electrons. The number of ether oxygens (including phenoxy) is 1. The van der Waals surface area contributed by atoms with E-state index in [2.05, 4.69) is 0 Å². The number of hydrogen-bond acceptors (Lipinski definition) is 5. The summed E-state index contributed by atoms with van der Waals surface area (Å²) in [5.74, 6) is -1.90. The number of thiophene rings is 1. The molecule has 2 rings (SSSR count). The fraction of sp³-hybridized carbons (Fsp3) is 0.462. The molecule has 1 aliphatic heterocycles. The highest BCUT2D eigenvalue weighted by Gasteiger charge is 2.27. The Kier molecular flexibility index (Phi) is 4.79. The Labute approximate surface area is 125 Å². The van der Waals surface area contributed by atoms with Crippen molar-refractivity contribution in [1.29, 1.82) is 0 Å². The number of hydrogen-bond donors (Lipinski definition) is 2. The Morgan fingerprint density at radius 1 is 1.48 bits per heavy atom. The van der Waals surface area contributed by atoms with Crippen LogP contribution in [0.1, 0.15) is 22.5 Å². The largest absolute Gasteiger partial charge is 0.482 e. The number of primary amides is 1. The molecule has 1 atom stereocenters. The molecule has 114 valence electrons. The van der Waals surface area contributed by atoms with E-state index in [-0.39, 0.29) is 29.1 Å². The average molecular weight is 312 g/mol. The summed E-state index contributed by atoms with van der Waals surface area (Å²) in [6.07, 6.45) is 1.41. The molecule has 1 aromatic rings. The van der Waals surface area contributed by atoms with E-state index < -0.39 is 11.9 Å². The first-order valence-corrected chi connectivity index (χ1v) is 7.37. The first-order chi connectivity index (χ1) is 9.99. The minimum Gasteiger partial charge on any atom is -0.482 e. The SMILES string of the molecule is NC(=O)C1CCCN(C(=O)COc2ccsc2C(=O)O)C1. The Morgan fingerprint density at radius 2 is 2.24 bits per heavy atom. The van der Waals surface area contributed by atoms with Gasteiger partial charge in [0.2, 0.25) is 5.91 Å².